The lowest BCUT2D eigenvalue weighted by Crippen LogP contribution is -2.01. The van der Waals surface area contributed by atoms with Crippen molar-refractivity contribution in [3.8, 4) is 5.75 Å². The molecule has 0 saturated carbocycles. The molecule has 0 amide bonds. The second-order valence-electron chi connectivity index (χ2n) is 5.16. The van der Waals surface area contributed by atoms with Crippen LogP contribution in [0.5, 0.6) is 5.75 Å². The van der Waals surface area contributed by atoms with Crippen molar-refractivity contribution in [2.24, 2.45) is 10.2 Å². The monoisotopic (exact) mass is 370 g/mol. The van der Waals surface area contributed by atoms with E-state index in [-0.39, 0.29) is 17.0 Å². The molecule has 0 fully saturated rings. The lowest BCUT2D eigenvalue weighted by atomic mass is 10.0. The number of aromatic hydroxyl groups is 1. The Labute approximate surface area is 152 Å². The summed E-state index contributed by atoms with van der Waals surface area (Å²) in [5.74, 6) is -1.55. The van der Waals surface area contributed by atoms with Gasteiger partial charge in [0.25, 0.3) is 0 Å². The number of carbonyl (C=O) groups is 2. The maximum Gasteiger partial charge on any atom is 0.350 e. The zero-order chi connectivity index (χ0) is 18.7. The highest BCUT2D eigenvalue weighted by Crippen LogP contribution is 2.40. The van der Waals surface area contributed by atoms with Crippen LogP contribution in [0.3, 0.4) is 0 Å². The zero-order valence-electron chi connectivity index (χ0n) is 13.9. The normalized spacial score (nSPS) is 11.0. The van der Waals surface area contributed by atoms with Crippen LogP contribution in [-0.4, -0.2) is 31.3 Å². The number of rotatable bonds is 4. The average Bonchev–Trinajstić information content (AvgIpc) is 3.14. The van der Waals surface area contributed by atoms with Crippen molar-refractivity contribution in [2.45, 2.75) is 0 Å². The molecule has 1 aromatic heterocycles. The predicted molar refractivity (Wildman–Crippen MR) is 96.8 cm³/mol. The first-order valence-corrected chi connectivity index (χ1v) is 8.35. The Kier molecular flexibility index (Phi) is 4.94. The Morgan fingerprint density at radius 2 is 1.77 bits per heavy atom. The first-order chi connectivity index (χ1) is 12.6. The number of hydrogen-bond donors (Lipinski definition) is 1. The molecule has 1 heterocycles. The van der Waals surface area contributed by atoms with E-state index < -0.39 is 11.9 Å². The quantitative estimate of drug-likeness (QED) is 0.535. The summed E-state index contributed by atoms with van der Waals surface area (Å²) >= 11 is 1.17. The van der Waals surface area contributed by atoms with Crippen molar-refractivity contribution in [3.63, 3.8) is 0 Å². The van der Waals surface area contributed by atoms with Crippen LogP contribution in [0.4, 0.5) is 11.4 Å². The highest BCUT2D eigenvalue weighted by atomic mass is 32.1. The summed E-state index contributed by atoms with van der Waals surface area (Å²) in [5.41, 5.74) is 0.415. The Balaban J connectivity index is 2.15. The summed E-state index contributed by atoms with van der Waals surface area (Å²) in [6, 6.07) is 10.3. The minimum Gasteiger partial charge on any atom is -0.505 e. The van der Waals surface area contributed by atoms with E-state index >= 15 is 0 Å². The molecule has 0 unspecified atom stereocenters. The van der Waals surface area contributed by atoms with Gasteiger partial charge in [-0.25, -0.2) is 9.59 Å². The molecule has 0 saturated heterocycles. The first-order valence-electron chi connectivity index (χ1n) is 7.47. The van der Waals surface area contributed by atoms with E-state index in [0.717, 1.165) is 0 Å². The fraction of sp³-hybridized carbons (Fsp3) is 0.111. The lowest BCUT2D eigenvalue weighted by molar-refractivity contribution is 0.0592. The molecular formula is C18H14N2O5S. The molecule has 132 valence electrons. The van der Waals surface area contributed by atoms with Gasteiger partial charge in [0, 0.05) is 5.39 Å². The van der Waals surface area contributed by atoms with Crippen molar-refractivity contribution >= 4 is 45.4 Å². The van der Waals surface area contributed by atoms with Gasteiger partial charge in [-0.05, 0) is 22.9 Å². The van der Waals surface area contributed by atoms with Crippen LogP contribution >= 0.6 is 11.3 Å². The fourth-order valence-electron chi connectivity index (χ4n) is 2.41. The number of nitrogens with zero attached hydrogens (tertiary/aromatic N) is 2. The Morgan fingerprint density at radius 3 is 2.50 bits per heavy atom. The van der Waals surface area contributed by atoms with E-state index in [1.165, 1.54) is 31.6 Å². The molecule has 0 aliphatic heterocycles. The van der Waals surface area contributed by atoms with Gasteiger partial charge in [0.2, 0.25) is 0 Å². The third-order valence-electron chi connectivity index (χ3n) is 3.67. The van der Waals surface area contributed by atoms with E-state index in [1.807, 2.05) is 0 Å². The molecule has 2 aromatic carbocycles. The Hall–Kier alpha value is -3.26. The van der Waals surface area contributed by atoms with Crippen LogP contribution in [-0.2, 0) is 9.47 Å². The topological polar surface area (TPSA) is 97.6 Å². The van der Waals surface area contributed by atoms with Gasteiger partial charge in [-0.1, -0.05) is 24.3 Å². The molecular weight excluding hydrogens is 356 g/mol. The highest BCUT2D eigenvalue weighted by molar-refractivity contribution is 7.12. The number of phenolic OH excluding ortho intramolecular Hbond substituents is 1. The second kappa shape index (κ2) is 7.32. The number of methoxy groups -OCH3 is 2. The minimum atomic E-state index is -0.685. The van der Waals surface area contributed by atoms with Gasteiger partial charge < -0.3 is 14.6 Å². The van der Waals surface area contributed by atoms with Gasteiger partial charge >= 0.3 is 11.9 Å². The van der Waals surface area contributed by atoms with E-state index in [4.69, 9.17) is 9.47 Å². The van der Waals surface area contributed by atoms with Crippen molar-refractivity contribution < 1.29 is 24.2 Å². The molecule has 3 aromatic rings. The zero-order valence-corrected chi connectivity index (χ0v) is 14.7. The largest absolute Gasteiger partial charge is 0.505 e. The number of esters is 2. The number of azo groups is 1. The average molecular weight is 370 g/mol. The van der Waals surface area contributed by atoms with Crippen LogP contribution in [0.25, 0.3) is 10.8 Å². The molecule has 0 aliphatic carbocycles. The van der Waals surface area contributed by atoms with Gasteiger partial charge in [-0.15, -0.1) is 21.6 Å². The van der Waals surface area contributed by atoms with Gasteiger partial charge in [-0.3, -0.25) is 0 Å². The first kappa shape index (κ1) is 17.6. The SMILES string of the molecule is COC(=O)c1cc2ccccc2c(/N=N/c2ccsc2C(=O)OC)c1O. The van der Waals surface area contributed by atoms with Gasteiger partial charge in [0.1, 0.15) is 21.8 Å². The number of ether oxygens (including phenoxy) is 2. The van der Waals surface area contributed by atoms with E-state index in [9.17, 15) is 14.7 Å². The maximum atomic E-state index is 11.9. The minimum absolute atomic E-state index is 0.0151. The van der Waals surface area contributed by atoms with Crippen LogP contribution in [0.1, 0.15) is 20.0 Å². The molecule has 0 aliphatic rings. The summed E-state index contributed by atoms with van der Waals surface area (Å²) in [4.78, 5) is 24.0. The number of carbonyl (C=O) groups excluding carboxylic acids is 2. The van der Waals surface area contributed by atoms with Crippen molar-refractivity contribution in [3.05, 3.63) is 52.2 Å². The Morgan fingerprint density at radius 1 is 1.04 bits per heavy atom. The van der Waals surface area contributed by atoms with Crippen LogP contribution in [0, 0.1) is 0 Å². The third-order valence-corrected chi connectivity index (χ3v) is 4.56. The lowest BCUT2D eigenvalue weighted by Gasteiger charge is -2.09. The smallest absolute Gasteiger partial charge is 0.350 e. The summed E-state index contributed by atoms with van der Waals surface area (Å²) in [5, 5.41) is 21.6. The van der Waals surface area contributed by atoms with Crippen molar-refractivity contribution in [1.82, 2.24) is 0 Å². The predicted octanol–water partition coefficient (Wildman–Crippen LogP) is 4.60. The van der Waals surface area contributed by atoms with Crippen molar-refractivity contribution in [2.75, 3.05) is 14.2 Å². The molecule has 7 nitrogen and oxygen atoms in total. The van der Waals surface area contributed by atoms with Gasteiger partial charge in [0.05, 0.1) is 14.2 Å². The van der Waals surface area contributed by atoms with Crippen molar-refractivity contribution in [1.29, 1.82) is 0 Å². The molecule has 0 bridgehead atoms. The molecule has 26 heavy (non-hydrogen) atoms. The number of benzene rings is 2. The van der Waals surface area contributed by atoms with E-state index in [2.05, 4.69) is 10.2 Å². The molecule has 3 rings (SSSR count). The van der Waals surface area contributed by atoms with Crippen LogP contribution < -0.4 is 0 Å². The number of thiophene rings is 1. The van der Waals surface area contributed by atoms with E-state index in [0.29, 0.717) is 21.3 Å². The second-order valence-corrected chi connectivity index (χ2v) is 6.08. The molecule has 0 atom stereocenters. The van der Waals surface area contributed by atoms with Crippen LogP contribution in [0.15, 0.2) is 52.0 Å². The summed E-state index contributed by atoms with van der Waals surface area (Å²) in [6.45, 7) is 0. The fourth-order valence-corrected chi connectivity index (χ4v) is 3.16. The summed E-state index contributed by atoms with van der Waals surface area (Å²) in [7, 11) is 2.51. The number of hydrogen-bond acceptors (Lipinski definition) is 8. The maximum absolute atomic E-state index is 11.9. The highest BCUT2D eigenvalue weighted by Gasteiger charge is 2.19. The van der Waals surface area contributed by atoms with E-state index in [1.54, 1.807) is 35.7 Å². The molecule has 8 heteroatoms. The van der Waals surface area contributed by atoms with Gasteiger partial charge in [-0.2, -0.15) is 0 Å². The number of phenols is 1. The summed E-state index contributed by atoms with van der Waals surface area (Å²) < 4.78 is 9.41. The van der Waals surface area contributed by atoms with Crippen LogP contribution in [0.2, 0.25) is 0 Å². The summed E-state index contributed by atoms with van der Waals surface area (Å²) in [6.07, 6.45) is 0. The molecule has 0 radical (unpaired) electrons. The molecule has 1 N–H and O–H groups in total. The standard InChI is InChI=1S/C18H14N2O5S/c1-24-17(22)12-9-10-5-3-4-6-11(10)14(15(12)21)20-19-13-7-8-26-16(13)18(23)25-2/h3-9,21H,1-2H3/b20-19+. The third kappa shape index (κ3) is 3.14. The van der Waals surface area contributed by atoms with Gasteiger partial charge in [0.15, 0.2) is 5.75 Å². The number of fused-ring (bicyclic) bond motifs is 1. The Bertz CT molecular complexity index is 1030. The molecule has 0 spiro atoms.